The van der Waals surface area contributed by atoms with Gasteiger partial charge in [0.1, 0.15) is 11.6 Å². The molecule has 104 valence electrons. The third-order valence-electron chi connectivity index (χ3n) is 3.65. The van der Waals surface area contributed by atoms with E-state index in [4.69, 9.17) is 5.73 Å². The lowest BCUT2D eigenvalue weighted by atomic mass is 9.86. The lowest BCUT2D eigenvalue weighted by Crippen LogP contribution is -2.32. The fourth-order valence-corrected chi connectivity index (χ4v) is 2.36. The van der Waals surface area contributed by atoms with Gasteiger partial charge in [0.25, 0.3) is 0 Å². The molecule has 3 N–H and O–H groups in total. The second kappa shape index (κ2) is 5.65. The SMILES string of the molecule is Cc1cc(F)c(NC(=O)C2CCC(N)CC2)cc1F. The highest BCUT2D eigenvalue weighted by atomic mass is 19.1. The Kier molecular flexibility index (Phi) is 4.14. The molecule has 0 aliphatic heterocycles. The van der Waals surface area contributed by atoms with E-state index >= 15 is 0 Å². The van der Waals surface area contributed by atoms with Crippen molar-refractivity contribution in [2.24, 2.45) is 11.7 Å². The first-order chi connectivity index (χ1) is 8.97. The van der Waals surface area contributed by atoms with Gasteiger partial charge in [0.05, 0.1) is 5.69 Å². The van der Waals surface area contributed by atoms with Gasteiger partial charge in [-0.2, -0.15) is 0 Å². The molecule has 2 rings (SSSR count). The van der Waals surface area contributed by atoms with Crippen LogP contribution < -0.4 is 11.1 Å². The molecule has 3 nitrogen and oxygen atoms in total. The summed E-state index contributed by atoms with van der Waals surface area (Å²) in [6.45, 7) is 1.48. The highest BCUT2D eigenvalue weighted by molar-refractivity contribution is 5.92. The van der Waals surface area contributed by atoms with E-state index in [1.54, 1.807) is 0 Å². The monoisotopic (exact) mass is 268 g/mol. The molecule has 19 heavy (non-hydrogen) atoms. The van der Waals surface area contributed by atoms with Crippen molar-refractivity contribution in [2.45, 2.75) is 38.6 Å². The molecule has 1 fully saturated rings. The smallest absolute Gasteiger partial charge is 0.227 e. The quantitative estimate of drug-likeness (QED) is 0.866. The fourth-order valence-electron chi connectivity index (χ4n) is 2.36. The van der Waals surface area contributed by atoms with E-state index in [0.717, 1.165) is 25.0 Å². The molecule has 0 atom stereocenters. The van der Waals surface area contributed by atoms with E-state index in [-0.39, 0.29) is 29.1 Å². The minimum absolute atomic E-state index is 0.0945. The van der Waals surface area contributed by atoms with Gasteiger partial charge in [-0.3, -0.25) is 4.79 Å². The second-order valence-corrected chi connectivity index (χ2v) is 5.18. The zero-order valence-corrected chi connectivity index (χ0v) is 10.9. The van der Waals surface area contributed by atoms with Gasteiger partial charge in [-0.05, 0) is 44.2 Å². The van der Waals surface area contributed by atoms with Gasteiger partial charge >= 0.3 is 0 Å². The van der Waals surface area contributed by atoms with Crippen molar-refractivity contribution in [1.29, 1.82) is 0 Å². The molecule has 1 aliphatic carbocycles. The molecule has 0 radical (unpaired) electrons. The van der Waals surface area contributed by atoms with Crippen molar-refractivity contribution in [2.75, 3.05) is 5.32 Å². The normalized spacial score (nSPS) is 23.2. The number of carbonyl (C=O) groups is 1. The van der Waals surface area contributed by atoms with Crippen LogP contribution in [0.5, 0.6) is 0 Å². The first kappa shape index (κ1) is 13.9. The van der Waals surface area contributed by atoms with Crippen molar-refractivity contribution in [3.05, 3.63) is 29.3 Å². The Hall–Kier alpha value is -1.49. The molecule has 0 spiro atoms. The summed E-state index contributed by atoms with van der Waals surface area (Å²) in [5.74, 6) is -1.56. The molecule has 0 saturated heterocycles. The topological polar surface area (TPSA) is 55.1 Å². The average molecular weight is 268 g/mol. The molecule has 0 heterocycles. The van der Waals surface area contributed by atoms with Crippen LogP contribution in [0.4, 0.5) is 14.5 Å². The minimum Gasteiger partial charge on any atom is -0.328 e. The summed E-state index contributed by atoms with van der Waals surface area (Å²) in [5, 5.41) is 2.47. The van der Waals surface area contributed by atoms with Gasteiger partial charge < -0.3 is 11.1 Å². The van der Waals surface area contributed by atoms with Gasteiger partial charge in [-0.15, -0.1) is 0 Å². The average Bonchev–Trinajstić information content (AvgIpc) is 2.36. The van der Waals surface area contributed by atoms with Gasteiger partial charge in [-0.25, -0.2) is 8.78 Å². The Morgan fingerprint density at radius 1 is 1.21 bits per heavy atom. The first-order valence-corrected chi connectivity index (χ1v) is 6.49. The molecule has 1 aliphatic rings. The summed E-state index contributed by atoms with van der Waals surface area (Å²) in [6, 6.07) is 2.26. The highest BCUT2D eigenvalue weighted by Crippen LogP contribution is 2.26. The summed E-state index contributed by atoms with van der Waals surface area (Å²) in [4.78, 5) is 12.0. The van der Waals surface area contributed by atoms with Crippen molar-refractivity contribution >= 4 is 11.6 Å². The molecule has 1 amide bonds. The van der Waals surface area contributed by atoms with Crippen molar-refractivity contribution in [1.82, 2.24) is 0 Å². The molecule has 0 aromatic heterocycles. The second-order valence-electron chi connectivity index (χ2n) is 5.18. The highest BCUT2D eigenvalue weighted by Gasteiger charge is 2.25. The number of benzene rings is 1. The van der Waals surface area contributed by atoms with Crippen LogP contribution in [-0.4, -0.2) is 11.9 Å². The van der Waals surface area contributed by atoms with Crippen LogP contribution >= 0.6 is 0 Å². The number of nitrogens with two attached hydrogens (primary N) is 1. The van der Waals surface area contributed by atoms with Crippen LogP contribution in [0, 0.1) is 24.5 Å². The van der Waals surface area contributed by atoms with Crippen molar-refractivity contribution < 1.29 is 13.6 Å². The van der Waals surface area contributed by atoms with E-state index in [9.17, 15) is 13.6 Å². The number of nitrogens with one attached hydrogen (secondary N) is 1. The van der Waals surface area contributed by atoms with Crippen LogP contribution in [0.25, 0.3) is 0 Å². The number of anilines is 1. The maximum Gasteiger partial charge on any atom is 0.227 e. The summed E-state index contributed by atoms with van der Waals surface area (Å²) in [6.07, 6.45) is 2.98. The summed E-state index contributed by atoms with van der Waals surface area (Å²) in [7, 11) is 0. The van der Waals surface area contributed by atoms with Gasteiger partial charge in [0, 0.05) is 18.0 Å². The number of rotatable bonds is 2. The van der Waals surface area contributed by atoms with Crippen molar-refractivity contribution in [3.63, 3.8) is 0 Å². The van der Waals surface area contributed by atoms with Crippen molar-refractivity contribution in [3.8, 4) is 0 Å². The Balaban J connectivity index is 2.05. The van der Waals surface area contributed by atoms with E-state index in [1.807, 2.05) is 0 Å². The summed E-state index contributed by atoms with van der Waals surface area (Å²) in [5.41, 5.74) is 5.90. The number of carbonyl (C=O) groups excluding carboxylic acids is 1. The maximum atomic E-state index is 13.6. The Labute approximate surface area is 111 Å². The van der Waals surface area contributed by atoms with Crippen LogP contribution in [0.15, 0.2) is 12.1 Å². The zero-order chi connectivity index (χ0) is 14.0. The van der Waals surface area contributed by atoms with E-state index < -0.39 is 11.6 Å². The molecule has 0 bridgehead atoms. The molecular weight excluding hydrogens is 250 g/mol. The fraction of sp³-hybridized carbons (Fsp3) is 0.500. The third kappa shape index (κ3) is 3.29. The molecule has 1 aromatic carbocycles. The van der Waals surface area contributed by atoms with Crippen LogP contribution in [0.1, 0.15) is 31.2 Å². The first-order valence-electron chi connectivity index (χ1n) is 6.49. The van der Waals surface area contributed by atoms with Gasteiger partial charge in [-0.1, -0.05) is 0 Å². The van der Waals surface area contributed by atoms with Gasteiger partial charge in [0.2, 0.25) is 5.91 Å². The van der Waals surface area contributed by atoms with Crippen LogP contribution in [0.2, 0.25) is 0 Å². The molecule has 1 saturated carbocycles. The number of hydrogen-bond acceptors (Lipinski definition) is 2. The molecular formula is C14H18F2N2O. The Morgan fingerprint density at radius 3 is 2.47 bits per heavy atom. The number of amides is 1. The summed E-state index contributed by atoms with van der Waals surface area (Å²) >= 11 is 0. The lowest BCUT2D eigenvalue weighted by molar-refractivity contribution is -0.120. The molecule has 5 heteroatoms. The Morgan fingerprint density at radius 2 is 1.84 bits per heavy atom. The largest absolute Gasteiger partial charge is 0.328 e. The predicted molar refractivity (Wildman–Crippen MR) is 69.7 cm³/mol. The maximum absolute atomic E-state index is 13.6. The van der Waals surface area contributed by atoms with Crippen LogP contribution in [-0.2, 0) is 4.79 Å². The number of halogens is 2. The summed E-state index contributed by atoms with van der Waals surface area (Å²) < 4.78 is 27.0. The zero-order valence-electron chi connectivity index (χ0n) is 10.9. The standard InChI is InChI=1S/C14H18F2N2O/c1-8-6-12(16)13(7-11(8)15)18-14(19)9-2-4-10(17)5-3-9/h6-7,9-10H,2-5,17H2,1H3,(H,18,19). The van der Waals surface area contributed by atoms with Gasteiger partial charge in [0.15, 0.2) is 0 Å². The number of hydrogen-bond donors (Lipinski definition) is 2. The number of aryl methyl sites for hydroxylation is 1. The van der Waals surface area contributed by atoms with Crippen LogP contribution in [0.3, 0.4) is 0 Å². The third-order valence-corrected chi connectivity index (χ3v) is 3.65. The Bertz CT molecular complexity index is 483. The lowest BCUT2D eigenvalue weighted by Gasteiger charge is -2.25. The van der Waals surface area contributed by atoms with E-state index in [2.05, 4.69) is 5.32 Å². The predicted octanol–water partition coefficient (Wildman–Crippen LogP) is 2.73. The minimum atomic E-state index is -0.611. The molecule has 0 unspecified atom stereocenters. The molecule has 1 aromatic rings. The van der Waals surface area contributed by atoms with E-state index in [1.165, 1.54) is 6.92 Å². The van der Waals surface area contributed by atoms with E-state index in [0.29, 0.717) is 12.8 Å².